The van der Waals surface area contributed by atoms with Crippen LogP contribution in [0.15, 0.2) is 52.9 Å². The van der Waals surface area contributed by atoms with Crippen LogP contribution in [0.25, 0.3) is 11.5 Å². The van der Waals surface area contributed by atoms with Crippen LogP contribution in [0.3, 0.4) is 0 Å². The molecule has 0 radical (unpaired) electrons. The fraction of sp³-hybridized carbons (Fsp3) is 0.429. The standard InChI is InChI=1S/C28H27F3N4O5/c29-28(30,31)40-18-12-8-16(9-13-18)26-32-33-27(39-26)35-21-6-2-1-4-19(21)25(20-5-3-7-22(20)35)34(17-10-11-17)23(36)14-15-24(37)38/h1-2,4,6,8-9,12-13,17,20,22,25H,3,5,7,10-11,14-15H2,(H,37,38)/t20-,22+,25-/m0/s1. The molecule has 12 heteroatoms. The van der Waals surface area contributed by atoms with E-state index in [1.54, 1.807) is 0 Å². The summed E-state index contributed by atoms with van der Waals surface area (Å²) >= 11 is 0. The van der Waals surface area contributed by atoms with Gasteiger partial charge in [-0.1, -0.05) is 29.7 Å². The van der Waals surface area contributed by atoms with Crippen LogP contribution in [0.5, 0.6) is 5.75 Å². The third-order valence-electron chi connectivity index (χ3n) is 7.82. The molecule has 210 valence electrons. The summed E-state index contributed by atoms with van der Waals surface area (Å²) in [6, 6.07) is 13.2. The summed E-state index contributed by atoms with van der Waals surface area (Å²) in [5.41, 5.74) is 2.24. The number of nitrogens with zero attached hydrogens (tertiary/aromatic N) is 4. The zero-order chi connectivity index (χ0) is 28.0. The monoisotopic (exact) mass is 556 g/mol. The lowest BCUT2D eigenvalue weighted by Gasteiger charge is -2.47. The molecular weight excluding hydrogens is 529 g/mol. The molecule has 1 aliphatic heterocycles. The number of carboxylic acids is 1. The Hall–Kier alpha value is -4.09. The van der Waals surface area contributed by atoms with E-state index in [1.165, 1.54) is 24.3 Å². The van der Waals surface area contributed by atoms with Gasteiger partial charge in [-0.15, -0.1) is 18.3 Å². The minimum Gasteiger partial charge on any atom is -0.481 e. The summed E-state index contributed by atoms with van der Waals surface area (Å²) in [5.74, 6) is -1.24. The van der Waals surface area contributed by atoms with E-state index in [2.05, 4.69) is 14.9 Å². The Bertz CT molecular complexity index is 1410. The molecule has 0 saturated heterocycles. The smallest absolute Gasteiger partial charge is 0.481 e. The second-order valence-electron chi connectivity index (χ2n) is 10.4. The fourth-order valence-corrected chi connectivity index (χ4v) is 6.14. The van der Waals surface area contributed by atoms with Crippen LogP contribution in [0.2, 0.25) is 0 Å². The van der Waals surface area contributed by atoms with E-state index in [0.29, 0.717) is 5.56 Å². The molecule has 1 aromatic heterocycles. The average Bonchev–Trinajstić information content (AvgIpc) is 3.41. The number of anilines is 2. The van der Waals surface area contributed by atoms with Gasteiger partial charge in [0.1, 0.15) is 5.75 Å². The van der Waals surface area contributed by atoms with Crippen LogP contribution < -0.4 is 9.64 Å². The van der Waals surface area contributed by atoms with Gasteiger partial charge in [-0.05, 0) is 61.6 Å². The second kappa shape index (κ2) is 10.1. The number of benzene rings is 2. The predicted molar refractivity (Wildman–Crippen MR) is 136 cm³/mol. The van der Waals surface area contributed by atoms with Gasteiger partial charge in [0.05, 0.1) is 18.2 Å². The van der Waals surface area contributed by atoms with E-state index in [4.69, 9.17) is 9.52 Å². The lowest BCUT2D eigenvalue weighted by molar-refractivity contribution is -0.274. The van der Waals surface area contributed by atoms with Crippen LogP contribution in [0.4, 0.5) is 24.9 Å². The molecule has 2 heterocycles. The number of amides is 1. The molecule has 1 N–H and O–H groups in total. The van der Waals surface area contributed by atoms with Gasteiger partial charge >= 0.3 is 18.3 Å². The number of aliphatic carboxylic acids is 1. The van der Waals surface area contributed by atoms with Gasteiger partial charge in [0.15, 0.2) is 0 Å². The molecule has 3 aliphatic rings. The topological polar surface area (TPSA) is 109 Å². The number of carbonyl (C=O) groups excluding carboxylic acids is 1. The van der Waals surface area contributed by atoms with Crippen molar-refractivity contribution in [2.45, 2.75) is 69.4 Å². The first-order valence-electron chi connectivity index (χ1n) is 13.3. The van der Waals surface area contributed by atoms with Gasteiger partial charge in [0.25, 0.3) is 0 Å². The van der Waals surface area contributed by atoms with Crippen molar-refractivity contribution in [2.24, 2.45) is 5.92 Å². The maximum Gasteiger partial charge on any atom is 0.573 e. The van der Waals surface area contributed by atoms with Crippen molar-refractivity contribution in [1.82, 2.24) is 15.1 Å². The molecule has 1 amide bonds. The Balaban J connectivity index is 1.33. The van der Waals surface area contributed by atoms with Crippen molar-refractivity contribution in [2.75, 3.05) is 4.90 Å². The summed E-state index contributed by atoms with van der Waals surface area (Å²) in [6.45, 7) is 0. The maximum atomic E-state index is 13.4. The lowest BCUT2D eigenvalue weighted by Crippen LogP contribution is -2.49. The predicted octanol–water partition coefficient (Wildman–Crippen LogP) is 5.85. The van der Waals surface area contributed by atoms with Gasteiger partial charge in [0.2, 0.25) is 11.8 Å². The highest BCUT2D eigenvalue weighted by Gasteiger charge is 2.51. The van der Waals surface area contributed by atoms with Crippen molar-refractivity contribution in [3.05, 3.63) is 54.1 Å². The molecule has 2 fully saturated rings. The number of ether oxygens (including phenoxy) is 1. The van der Waals surface area contributed by atoms with E-state index in [0.717, 1.165) is 43.4 Å². The first-order valence-corrected chi connectivity index (χ1v) is 13.3. The Kier molecular flexibility index (Phi) is 6.63. The third-order valence-corrected chi connectivity index (χ3v) is 7.82. The molecule has 0 unspecified atom stereocenters. The van der Waals surface area contributed by atoms with Gasteiger partial charge in [-0.3, -0.25) is 14.5 Å². The molecule has 0 bridgehead atoms. The van der Waals surface area contributed by atoms with Gasteiger partial charge < -0.3 is 19.2 Å². The Morgan fingerprint density at radius 2 is 1.77 bits per heavy atom. The van der Waals surface area contributed by atoms with Crippen molar-refractivity contribution in [3.63, 3.8) is 0 Å². The number of aromatic nitrogens is 2. The molecule has 9 nitrogen and oxygen atoms in total. The number of hydrogen-bond acceptors (Lipinski definition) is 7. The molecule has 40 heavy (non-hydrogen) atoms. The number of carbonyl (C=O) groups is 2. The summed E-state index contributed by atoms with van der Waals surface area (Å²) in [4.78, 5) is 28.5. The molecular formula is C28H27F3N4O5. The normalized spacial score (nSPS) is 22.0. The van der Waals surface area contributed by atoms with Crippen LogP contribution in [-0.2, 0) is 9.59 Å². The average molecular weight is 557 g/mol. The van der Waals surface area contributed by atoms with E-state index in [1.807, 2.05) is 34.1 Å². The number of hydrogen-bond donors (Lipinski definition) is 1. The molecule has 2 aliphatic carbocycles. The van der Waals surface area contributed by atoms with Crippen molar-refractivity contribution in [3.8, 4) is 17.2 Å². The quantitative estimate of drug-likeness (QED) is 0.368. The number of rotatable bonds is 8. The van der Waals surface area contributed by atoms with Crippen LogP contribution >= 0.6 is 0 Å². The zero-order valence-corrected chi connectivity index (χ0v) is 21.4. The van der Waals surface area contributed by atoms with Gasteiger partial charge in [-0.25, -0.2) is 0 Å². The van der Waals surface area contributed by atoms with Crippen molar-refractivity contribution < 1.29 is 37.0 Å². The molecule has 3 aromatic rings. The lowest BCUT2D eigenvalue weighted by atomic mass is 9.81. The van der Waals surface area contributed by atoms with E-state index in [-0.39, 0.29) is 60.4 Å². The van der Waals surface area contributed by atoms with Crippen molar-refractivity contribution >= 4 is 23.6 Å². The molecule has 2 aromatic carbocycles. The zero-order valence-electron chi connectivity index (χ0n) is 21.4. The Morgan fingerprint density at radius 1 is 1.02 bits per heavy atom. The fourth-order valence-electron chi connectivity index (χ4n) is 6.14. The Morgan fingerprint density at radius 3 is 2.48 bits per heavy atom. The minimum absolute atomic E-state index is 0.0238. The summed E-state index contributed by atoms with van der Waals surface area (Å²) in [6.07, 6.45) is -0.547. The second-order valence-corrected chi connectivity index (χ2v) is 10.4. The molecule has 2 saturated carbocycles. The molecule has 0 spiro atoms. The number of fused-ring (bicyclic) bond motifs is 2. The summed E-state index contributed by atoms with van der Waals surface area (Å²) in [7, 11) is 0. The van der Waals surface area contributed by atoms with Crippen LogP contribution in [-0.4, -0.2) is 50.5 Å². The number of halogens is 3. The first-order chi connectivity index (χ1) is 19.2. The summed E-state index contributed by atoms with van der Waals surface area (Å²) < 4.78 is 47.6. The van der Waals surface area contributed by atoms with Crippen LogP contribution in [0.1, 0.15) is 56.6 Å². The largest absolute Gasteiger partial charge is 0.573 e. The van der Waals surface area contributed by atoms with E-state index in [9.17, 15) is 22.8 Å². The SMILES string of the molecule is O=C(O)CCC(=O)N(C1CC1)[C@H]1c2ccccc2N(c2nnc(-c3ccc(OC(F)(F)F)cc3)o2)[C@@H]2CCC[C@@H]21. The van der Waals surface area contributed by atoms with E-state index < -0.39 is 12.3 Å². The van der Waals surface area contributed by atoms with Gasteiger partial charge in [-0.2, -0.15) is 0 Å². The number of para-hydroxylation sites is 1. The van der Waals surface area contributed by atoms with Gasteiger partial charge in [0, 0.05) is 30.0 Å². The highest BCUT2D eigenvalue weighted by molar-refractivity contribution is 5.82. The first kappa shape index (κ1) is 26.1. The van der Waals surface area contributed by atoms with Crippen LogP contribution in [0, 0.1) is 5.92 Å². The molecule has 6 rings (SSSR count). The molecule has 3 atom stereocenters. The number of carboxylic acid groups (broad SMARTS) is 1. The Labute approximate surface area is 227 Å². The third kappa shape index (κ3) is 5.09. The summed E-state index contributed by atoms with van der Waals surface area (Å²) in [5, 5.41) is 17.7. The highest BCUT2D eigenvalue weighted by atomic mass is 19.4. The number of alkyl halides is 3. The van der Waals surface area contributed by atoms with E-state index >= 15 is 0 Å². The maximum absolute atomic E-state index is 13.4. The highest BCUT2D eigenvalue weighted by Crippen LogP contribution is 2.54. The van der Waals surface area contributed by atoms with Crippen molar-refractivity contribution in [1.29, 1.82) is 0 Å². The minimum atomic E-state index is -4.79.